The highest BCUT2D eigenvalue weighted by Gasteiger charge is 2.21. The maximum Gasteiger partial charge on any atom is 0.224 e. The molecule has 2 aromatic carbocycles. The number of carbonyl (C=O) groups excluding carboxylic acids is 1. The number of nitrogens with zero attached hydrogens (tertiary/aromatic N) is 2. The van der Waals surface area contributed by atoms with Crippen LogP contribution < -0.4 is 10.1 Å². The van der Waals surface area contributed by atoms with Crippen molar-refractivity contribution >= 4 is 17.5 Å². The highest BCUT2D eigenvalue weighted by Crippen LogP contribution is 2.25. The lowest BCUT2D eigenvalue weighted by molar-refractivity contribution is -0.122. The van der Waals surface area contributed by atoms with Crippen LogP contribution in [0, 0.1) is 11.6 Å². The fraction of sp³-hybridized carbons (Fsp3) is 0.200. The molecule has 28 heavy (non-hydrogen) atoms. The number of carbonyl (C=O) groups is 1. The lowest BCUT2D eigenvalue weighted by atomic mass is 10.1. The van der Waals surface area contributed by atoms with Crippen molar-refractivity contribution in [2.24, 2.45) is 7.05 Å². The number of nitrogens with one attached hydrogen (secondary N) is 1. The smallest absolute Gasteiger partial charge is 0.224 e. The summed E-state index contributed by atoms with van der Waals surface area (Å²) in [4.78, 5) is 16.7. The topological polar surface area (TPSA) is 56.2 Å². The molecule has 146 valence electrons. The molecule has 0 aliphatic heterocycles. The second-order valence-corrected chi connectivity index (χ2v) is 6.53. The monoisotopic (exact) mass is 405 g/mol. The molecule has 0 saturated carbocycles. The molecule has 1 amide bonds. The molecule has 0 fully saturated rings. The number of ether oxygens (including phenoxy) is 1. The molecular formula is C20H18ClF2N3O2. The number of rotatable bonds is 7. The SMILES string of the molecule is Cn1ccnc1C(NC(=O)CCOc1ccc(F)cc1Cl)c1cccc(F)c1. The second kappa shape index (κ2) is 8.84. The first-order valence-electron chi connectivity index (χ1n) is 8.54. The van der Waals surface area contributed by atoms with Crippen LogP contribution >= 0.6 is 11.6 Å². The normalized spacial score (nSPS) is 11.9. The Balaban J connectivity index is 1.67. The molecule has 8 heteroatoms. The summed E-state index contributed by atoms with van der Waals surface area (Å²) in [6, 6.07) is 9.14. The molecule has 0 aliphatic carbocycles. The summed E-state index contributed by atoms with van der Waals surface area (Å²) in [6.07, 6.45) is 3.38. The molecule has 1 heterocycles. The number of imidazole rings is 1. The number of benzene rings is 2. The summed E-state index contributed by atoms with van der Waals surface area (Å²) >= 11 is 5.90. The van der Waals surface area contributed by atoms with Gasteiger partial charge in [-0.3, -0.25) is 4.79 Å². The third-order valence-electron chi connectivity index (χ3n) is 4.08. The third kappa shape index (κ3) is 4.86. The number of aromatic nitrogens is 2. The highest BCUT2D eigenvalue weighted by molar-refractivity contribution is 6.32. The number of hydrogen-bond acceptors (Lipinski definition) is 3. The summed E-state index contributed by atoms with van der Waals surface area (Å²) in [5.74, 6) is -0.318. The molecule has 0 radical (unpaired) electrons. The Bertz CT molecular complexity index is 978. The third-order valence-corrected chi connectivity index (χ3v) is 4.38. The summed E-state index contributed by atoms with van der Waals surface area (Å²) in [7, 11) is 1.79. The van der Waals surface area contributed by atoms with E-state index in [2.05, 4.69) is 10.3 Å². The van der Waals surface area contributed by atoms with Crippen molar-refractivity contribution in [3.05, 3.63) is 82.9 Å². The molecule has 0 bridgehead atoms. The first-order valence-corrected chi connectivity index (χ1v) is 8.91. The van der Waals surface area contributed by atoms with Gasteiger partial charge in [-0.25, -0.2) is 13.8 Å². The van der Waals surface area contributed by atoms with E-state index in [1.807, 2.05) is 0 Å². The molecule has 3 rings (SSSR count). The highest BCUT2D eigenvalue weighted by atomic mass is 35.5. The van der Waals surface area contributed by atoms with Crippen LogP contribution in [0.15, 0.2) is 54.9 Å². The molecule has 5 nitrogen and oxygen atoms in total. The van der Waals surface area contributed by atoms with Crippen molar-refractivity contribution in [2.75, 3.05) is 6.61 Å². The maximum atomic E-state index is 13.7. The van der Waals surface area contributed by atoms with E-state index in [0.29, 0.717) is 17.1 Å². The van der Waals surface area contributed by atoms with E-state index in [4.69, 9.17) is 16.3 Å². The molecule has 0 saturated heterocycles. The van der Waals surface area contributed by atoms with Gasteiger partial charge in [0.25, 0.3) is 0 Å². The molecule has 3 aromatic rings. The minimum absolute atomic E-state index is 0.0317. The summed E-state index contributed by atoms with van der Waals surface area (Å²) in [6.45, 7) is 0.0492. The van der Waals surface area contributed by atoms with Crippen molar-refractivity contribution in [1.82, 2.24) is 14.9 Å². The molecular weight excluding hydrogens is 388 g/mol. The summed E-state index contributed by atoms with van der Waals surface area (Å²) in [5, 5.41) is 2.98. The number of aryl methyl sites for hydroxylation is 1. The van der Waals surface area contributed by atoms with E-state index in [-0.39, 0.29) is 24.0 Å². The maximum absolute atomic E-state index is 13.7. The number of halogens is 3. The van der Waals surface area contributed by atoms with Gasteiger partial charge in [-0.15, -0.1) is 0 Å². The van der Waals surface area contributed by atoms with Crippen molar-refractivity contribution in [2.45, 2.75) is 12.5 Å². The fourth-order valence-corrected chi connectivity index (χ4v) is 2.94. The zero-order chi connectivity index (χ0) is 20.1. The van der Waals surface area contributed by atoms with Crippen LogP contribution in [0.4, 0.5) is 8.78 Å². The van der Waals surface area contributed by atoms with E-state index in [1.54, 1.807) is 36.1 Å². The lowest BCUT2D eigenvalue weighted by Gasteiger charge is -2.19. The fourth-order valence-electron chi connectivity index (χ4n) is 2.72. The van der Waals surface area contributed by atoms with Gasteiger partial charge in [0, 0.05) is 19.4 Å². The zero-order valence-corrected chi connectivity index (χ0v) is 15.8. The average molecular weight is 406 g/mol. The van der Waals surface area contributed by atoms with Crippen LogP contribution in [0.2, 0.25) is 5.02 Å². The zero-order valence-electron chi connectivity index (χ0n) is 15.0. The molecule has 0 spiro atoms. The van der Waals surface area contributed by atoms with Crippen LogP contribution in [-0.2, 0) is 11.8 Å². The molecule has 1 N–H and O–H groups in total. The Kier molecular flexibility index (Phi) is 6.26. The molecule has 1 unspecified atom stereocenters. The van der Waals surface area contributed by atoms with Crippen molar-refractivity contribution in [1.29, 1.82) is 0 Å². The van der Waals surface area contributed by atoms with Crippen LogP contribution in [0.25, 0.3) is 0 Å². The van der Waals surface area contributed by atoms with Crippen molar-refractivity contribution in [3.8, 4) is 5.75 Å². The Labute approximate surface area is 165 Å². The standard InChI is InChI=1S/C20H18ClF2N3O2/c1-26-9-8-24-20(26)19(13-3-2-4-14(22)11-13)25-18(27)7-10-28-17-6-5-15(23)12-16(17)21/h2-6,8-9,11-12,19H,7,10H2,1H3,(H,25,27). The van der Waals surface area contributed by atoms with Gasteiger partial charge >= 0.3 is 0 Å². The van der Waals surface area contributed by atoms with Gasteiger partial charge in [-0.05, 0) is 35.9 Å². The van der Waals surface area contributed by atoms with Gasteiger partial charge in [-0.2, -0.15) is 0 Å². The average Bonchev–Trinajstić information content (AvgIpc) is 3.07. The Morgan fingerprint density at radius 2 is 2.04 bits per heavy atom. The minimum atomic E-state index is -0.613. The predicted octanol–water partition coefficient (Wildman–Crippen LogP) is 4.03. The van der Waals surface area contributed by atoms with E-state index in [1.165, 1.54) is 24.3 Å². The van der Waals surface area contributed by atoms with Crippen molar-refractivity contribution in [3.63, 3.8) is 0 Å². The number of amides is 1. The van der Waals surface area contributed by atoms with Crippen LogP contribution in [-0.4, -0.2) is 22.1 Å². The summed E-state index contributed by atoms with van der Waals surface area (Å²) in [5.41, 5.74) is 0.574. The van der Waals surface area contributed by atoms with Gasteiger partial charge < -0.3 is 14.6 Å². The molecule has 0 aliphatic rings. The number of hydrogen-bond donors (Lipinski definition) is 1. The molecule has 1 atom stereocenters. The van der Waals surface area contributed by atoms with Gasteiger partial charge in [-0.1, -0.05) is 23.7 Å². The first kappa shape index (κ1) is 19.8. The van der Waals surface area contributed by atoms with E-state index in [9.17, 15) is 13.6 Å². The van der Waals surface area contributed by atoms with Gasteiger partial charge in [0.05, 0.1) is 18.1 Å². The van der Waals surface area contributed by atoms with Crippen LogP contribution in [0.5, 0.6) is 5.75 Å². The second-order valence-electron chi connectivity index (χ2n) is 6.13. The van der Waals surface area contributed by atoms with Crippen LogP contribution in [0.3, 0.4) is 0 Å². The van der Waals surface area contributed by atoms with Crippen molar-refractivity contribution < 1.29 is 18.3 Å². The molecule has 1 aromatic heterocycles. The van der Waals surface area contributed by atoms with Gasteiger partial charge in [0.2, 0.25) is 5.91 Å². The lowest BCUT2D eigenvalue weighted by Crippen LogP contribution is -2.32. The van der Waals surface area contributed by atoms with Crippen LogP contribution in [0.1, 0.15) is 23.9 Å². The Morgan fingerprint density at radius 3 is 2.71 bits per heavy atom. The van der Waals surface area contributed by atoms with E-state index in [0.717, 1.165) is 6.07 Å². The minimum Gasteiger partial charge on any atom is -0.491 e. The van der Waals surface area contributed by atoms with Gasteiger partial charge in [0.15, 0.2) is 0 Å². The van der Waals surface area contributed by atoms with E-state index >= 15 is 0 Å². The Hall–Kier alpha value is -2.93. The van der Waals surface area contributed by atoms with Gasteiger partial charge in [0.1, 0.15) is 29.3 Å². The Morgan fingerprint density at radius 1 is 1.25 bits per heavy atom. The van der Waals surface area contributed by atoms with E-state index < -0.39 is 17.7 Å². The summed E-state index contributed by atoms with van der Waals surface area (Å²) < 4.78 is 33.9. The predicted molar refractivity (Wildman–Crippen MR) is 101 cm³/mol. The largest absolute Gasteiger partial charge is 0.491 e. The quantitative estimate of drug-likeness (QED) is 0.645. The first-order chi connectivity index (χ1) is 13.4.